The Kier molecular flexibility index (Phi) is 5.26. The van der Waals surface area contributed by atoms with Crippen LogP contribution < -0.4 is 0 Å². The zero-order valence-electron chi connectivity index (χ0n) is 9.27. The molecule has 1 aromatic rings. The van der Waals surface area contributed by atoms with Gasteiger partial charge in [-0.25, -0.2) is 0 Å². The molecule has 0 aromatic heterocycles. The molecule has 1 amide bonds. The molecule has 0 spiro atoms. The van der Waals surface area contributed by atoms with Crippen molar-refractivity contribution in [1.82, 2.24) is 4.90 Å². The highest BCUT2D eigenvalue weighted by Gasteiger charge is 2.02. The fraction of sp³-hybridized carbons (Fsp3) is 0.417. The minimum Gasteiger partial charge on any atom is -0.349 e. The van der Waals surface area contributed by atoms with Crippen molar-refractivity contribution >= 4 is 17.7 Å². The highest BCUT2D eigenvalue weighted by atomic mass is 32.2. The van der Waals surface area contributed by atoms with E-state index in [4.69, 9.17) is 0 Å². The summed E-state index contributed by atoms with van der Waals surface area (Å²) in [5.74, 6) is 1.22. The number of benzene rings is 1. The molecular formula is C12H17NOS. The fourth-order valence-electron chi connectivity index (χ4n) is 1.15. The molecule has 0 heterocycles. The lowest BCUT2D eigenvalue weighted by atomic mass is 10.3. The van der Waals surface area contributed by atoms with Gasteiger partial charge in [0, 0.05) is 25.4 Å². The summed E-state index contributed by atoms with van der Waals surface area (Å²) < 4.78 is 0. The van der Waals surface area contributed by atoms with Crippen LogP contribution in [0.4, 0.5) is 0 Å². The summed E-state index contributed by atoms with van der Waals surface area (Å²) in [5.41, 5.74) is 0. The molecule has 1 rings (SSSR count). The molecule has 82 valence electrons. The van der Waals surface area contributed by atoms with Crippen LogP contribution in [-0.2, 0) is 4.79 Å². The Labute approximate surface area is 95.7 Å². The summed E-state index contributed by atoms with van der Waals surface area (Å²) in [7, 11) is 3.60. The fourth-order valence-corrected chi connectivity index (χ4v) is 2.03. The lowest BCUT2D eigenvalue weighted by Gasteiger charge is -2.09. The number of nitrogens with zero attached hydrogens (tertiary/aromatic N) is 1. The van der Waals surface area contributed by atoms with Crippen LogP contribution in [0.2, 0.25) is 0 Å². The molecule has 3 heteroatoms. The van der Waals surface area contributed by atoms with Gasteiger partial charge in [-0.3, -0.25) is 4.79 Å². The zero-order chi connectivity index (χ0) is 11.1. The first-order valence-corrected chi connectivity index (χ1v) is 6.06. The Morgan fingerprint density at radius 3 is 2.53 bits per heavy atom. The Morgan fingerprint density at radius 2 is 1.93 bits per heavy atom. The third kappa shape index (κ3) is 4.88. The van der Waals surface area contributed by atoms with Gasteiger partial charge in [0.25, 0.3) is 0 Å². The van der Waals surface area contributed by atoms with Crippen molar-refractivity contribution in [3.63, 3.8) is 0 Å². The summed E-state index contributed by atoms with van der Waals surface area (Å²) in [5, 5.41) is 0. The van der Waals surface area contributed by atoms with Crippen molar-refractivity contribution in [3.8, 4) is 0 Å². The van der Waals surface area contributed by atoms with E-state index in [-0.39, 0.29) is 5.91 Å². The molecule has 15 heavy (non-hydrogen) atoms. The Balaban J connectivity index is 2.15. The quantitative estimate of drug-likeness (QED) is 0.565. The van der Waals surface area contributed by atoms with Crippen LogP contribution in [0.1, 0.15) is 12.8 Å². The van der Waals surface area contributed by atoms with E-state index >= 15 is 0 Å². The molecule has 0 radical (unpaired) electrons. The lowest BCUT2D eigenvalue weighted by Crippen LogP contribution is -2.21. The summed E-state index contributed by atoms with van der Waals surface area (Å²) in [4.78, 5) is 14.2. The second-order valence-electron chi connectivity index (χ2n) is 3.55. The maximum atomic E-state index is 11.3. The normalized spacial score (nSPS) is 10.0. The molecule has 0 fully saturated rings. The Hall–Kier alpha value is -0.960. The number of hydrogen-bond donors (Lipinski definition) is 0. The van der Waals surface area contributed by atoms with Gasteiger partial charge in [0.05, 0.1) is 0 Å². The Bertz CT molecular complexity index is 298. The van der Waals surface area contributed by atoms with Gasteiger partial charge in [-0.2, -0.15) is 0 Å². The van der Waals surface area contributed by atoms with Gasteiger partial charge in [0.1, 0.15) is 0 Å². The van der Waals surface area contributed by atoms with E-state index in [0.29, 0.717) is 6.42 Å². The van der Waals surface area contributed by atoms with Crippen molar-refractivity contribution in [3.05, 3.63) is 30.3 Å². The summed E-state index contributed by atoms with van der Waals surface area (Å²) >= 11 is 1.80. The van der Waals surface area contributed by atoms with Crippen LogP contribution in [0.25, 0.3) is 0 Å². The van der Waals surface area contributed by atoms with Gasteiger partial charge < -0.3 is 4.90 Å². The number of amides is 1. The first-order chi connectivity index (χ1) is 7.20. The Morgan fingerprint density at radius 1 is 1.27 bits per heavy atom. The molecule has 0 aliphatic rings. The van der Waals surface area contributed by atoms with E-state index in [1.165, 1.54) is 4.90 Å². The van der Waals surface area contributed by atoms with Gasteiger partial charge in [0.15, 0.2) is 0 Å². The largest absolute Gasteiger partial charge is 0.349 e. The molecule has 0 saturated heterocycles. The molecule has 0 aliphatic carbocycles. The molecule has 1 aromatic carbocycles. The van der Waals surface area contributed by atoms with E-state index in [9.17, 15) is 4.79 Å². The standard InChI is InChI=1S/C12H17NOS/c1-13(2)12(14)9-6-10-15-11-7-4-3-5-8-11/h3-5,7-8H,6,9-10H2,1-2H3. The molecule has 0 atom stereocenters. The number of thioether (sulfide) groups is 1. The van der Waals surface area contributed by atoms with Gasteiger partial charge in [0.2, 0.25) is 5.91 Å². The molecule has 0 saturated carbocycles. The zero-order valence-corrected chi connectivity index (χ0v) is 10.1. The first-order valence-electron chi connectivity index (χ1n) is 5.08. The van der Waals surface area contributed by atoms with E-state index in [1.807, 2.05) is 18.2 Å². The second kappa shape index (κ2) is 6.51. The molecule has 2 nitrogen and oxygen atoms in total. The van der Waals surface area contributed by atoms with Crippen LogP contribution in [0.3, 0.4) is 0 Å². The highest BCUT2D eigenvalue weighted by Crippen LogP contribution is 2.18. The predicted octanol–water partition coefficient (Wildman–Crippen LogP) is 2.65. The molecule has 0 aliphatic heterocycles. The number of carbonyl (C=O) groups excluding carboxylic acids is 1. The molecule has 0 bridgehead atoms. The average molecular weight is 223 g/mol. The number of carbonyl (C=O) groups is 1. The van der Waals surface area contributed by atoms with E-state index in [0.717, 1.165) is 12.2 Å². The van der Waals surface area contributed by atoms with Crippen LogP contribution >= 0.6 is 11.8 Å². The predicted molar refractivity (Wildman–Crippen MR) is 65.1 cm³/mol. The average Bonchev–Trinajstić information content (AvgIpc) is 2.25. The summed E-state index contributed by atoms with van der Waals surface area (Å²) in [6.07, 6.45) is 1.59. The highest BCUT2D eigenvalue weighted by molar-refractivity contribution is 7.99. The second-order valence-corrected chi connectivity index (χ2v) is 4.72. The van der Waals surface area contributed by atoms with Gasteiger partial charge in [-0.15, -0.1) is 11.8 Å². The SMILES string of the molecule is CN(C)C(=O)CCCSc1ccccc1. The van der Waals surface area contributed by atoms with E-state index in [1.54, 1.807) is 30.8 Å². The van der Waals surface area contributed by atoms with Crippen molar-refractivity contribution in [2.75, 3.05) is 19.8 Å². The van der Waals surface area contributed by atoms with Crippen molar-refractivity contribution < 1.29 is 4.79 Å². The molecular weight excluding hydrogens is 206 g/mol. The van der Waals surface area contributed by atoms with Crippen LogP contribution in [-0.4, -0.2) is 30.7 Å². The lowest BCUT2D eigenvalue weighted by molar-refractivity contribution is -0.128. The maximum absolute atomic E-state index is 11.3. The maximum Gasteiger partial charge on any atom is 0.222 e. The molecule has 0 N–H and O–H groups in total. The summed E-state index contributed by atoms with van der Waals surface area (Å²) in [6.45, 7) is 0. The first kappa shape index (κ1) is 12.1. The van der Waals surface area contributed by atoms with Crippen LogP contribution in [0.5, 0.6) is 0 Å². The molecule has 0 unspecified atom stereocenters. The van der Waals surface area contributed by atoms with Crippen LogP contribution in [0.15, 0.2) is 35.2 Å². The topological polar surface area (TPSA) is 20.3 Å². The van der Waals surface area contributed by atoms with E-state index < -0.39 is 0 Å². The monoisotopic (exact) mass is 223 g/mol. The third-order valence-electron chi connectivity index (χ3n) is 2.05. The third-order valence-corrected chi connectivity index (χ3v) is 3.14. The van der Waals surface area contributed by atoms with Crippen molar-refractivity contribution in [2.45, 2.75) is 17.7 Å². The smallest absolute Gasteiger partial charge is 0.222 e. The van der Waals surface area contributed by atoms with Gasteiger partial charge in [-0.05, 0) is 24.3 Å². The van der Waals surface area contributed by atoms with E-state index in [2.05, 4.69) is 12.1 Å². The van der Waals surface area contributed by atoms with Crippen molar-refractivity contribution in [2.24, 2.45) is 0 Å². The number of hydrogen-bond acceptors (Lipinski definition) is 2. The minimum atomic E-state index is 0.212. The van der Waals surface area contributed by atoms with Gasteiger partial charge in [-0.1, -0.05) is 18.2 Å². The van der Waals surface area contributed by atoms with Gasteiger partial charge >= 0.3 is 0 Å². The van der Waals surface area contributed by atoms with Crippen molar-refractivity contribution in [1.29, 1.82) is 0 Å². The minimum absolute atomic E-state index is 0.212. The summed E-state index contributed by atoms with van der Waals surface area (Å²) in [6, 6.07) is 10.3. The number of rotatable bonds is 5. The van der Waals surface area contributed by atoms with Crippen LogP contribution in [0, 0.1) is 0 Å².